The molecule has 5 nitrogen and oxygen atoms in total. The molecule has 0 saturated heterocycles. The predicted molar refractivity (Wildman–Crippen MR) is 98.1 cm³/mol. The molecule has 0 fully saturated rings. The Morgan fingerprint density at radius 3 is 2.74 bits per heavy atom. The lowest BCUT2D eigenvalue weighted by Crippen LogP contribution is -2.25. The monoisotopic (exact) mass is 366 g/mol. The number of halogens is 2. The molecule has 7 heteroatoms. The van der Waals surface area contributed by atoms with Crippen molar-refractivity contribution in [1.82, 2.24) is 9.97 Å². The van der Waals surface area contributed by atoms with E-state index >= 15 is 0 Å². The molecule has 136 valence electrons. The summed E-state index contributed by atoms with van der Waals surface area (Å²) in [6.45, 7) is 2.09. The minimum absolute atomic E-state index is 0.140. The number of nitrogens with zero attached hydrogens (tertiary/aromatic N) is 3. The highest BCUT2D eigenvalue weighted by molar-refractivity contribution is 6.03. The first-order valence-electron chi connectivity index (χ1n) is 8.48. The zero-order valence-corrected chi connectivity index (χ0v) is 14.5. The highest BCUT2D eigenvalue weighted by Crippen LogP contribution is 2.37. The third-order valence-corrected chi connectivity index (χ3v) is 4.52. The van der Waals surface area contributed by atoms with E-state index in [1.807, 2.05) is 18.2 Å². The molecule has 4 rings (SSSR count). The number of carbonyl (C=O) groups is 1. The molecule has 1 aliphatic heterocycles. The second-order valence-electron chi connectivity index (χ2n) is 6.40. The lowest BCUT2D eigenvalue weighted by molar-refractivity contribution is 0.102. The molecule has 1 unspecified atom stereocenters. The van der Waals surface area contributed by atoms with Gasteiger partial charge in [0.2, 0.25) is 0 Å². The van der Waals surface area contributed by atoms with Crippen molar-refractivity contribution < 1.29 is 13.6 Å². The van der Waals surface area contributed by atoms with E-state index < -0.39 is 17.5 Å². The van der Waals surface area contributed by atoms with Gasteiger partial charge in [-0.2, -0.15) is 0 Å². The zero-order chi connectivity index (χ0) is 19.0. The van der Waals surface area contributed by atoms with Crippen molar-refractivity contribution in [1.29, 1.82) is 0 Å². The van der Waals surface area contributed by atoms with Crippen LogP contribution in [-0.4, -0.2) is 21.9 Å². The van der Waals surface area contributed by atoms with Gasteiger partial charge >= 0.3 is 0 Å². The molecule has 27 heavy (non-hydrogen) atoms. The van der Waals surface area contributed by atoms with Gasteiger partial charge in [0.1, 0.15) is 17.8 Å². The van der Waals surface area contributed by atoms with Crippen molar-refractivity contribution in [3.63, 3.8) is 0 Å². The van der Waals surface area contributed by atoms with E-state index in [2.05, 4.69) is 33.2 Å². The number of nitrogens with one attached hydrogen (secondary N) is 1. The first-order chi connectivity index (χ1) is 13.0. The summed E-state index contributed by atoms with van der Waals surface area (Å²) in [4.78, 5) is 22.9. The minimum atomic E-state index is -1.03. The Morgan fingerprint density at radius 2 is 1.93 bits per heavy atom. The van der Waals surface area contributed by atoms with Crippen LogP contribution in [-0.2, 0) is 6.42 Å². The van der Waals surface area contributed by atoms with Gasteiger partial charge in [-0.3, -0.25) is 4.79 Å². The molecule has 0 spiro atoms. The van der Waals surface area contributed by atoms with E-state index in [0.717, 1.165) is 24.2 Å². The number of hydrogen-bond acceptors (Lipinski definition) is 4. The highest BCUT2D eigenvalue weighted by Gasteiger charge is 2.28. The number of carbonyl (C=O) groups excluding carboxylic acids is 1. The van der Waals surface area contributed by atoms with Crippen LogP contribution < -0.4 is 10.2 Å². The van der Waals surface area contributed by atoms with Gasteiger partial charge in [-0.25, -0.2) is 18.7 Å². The summed E-state index contributed by atoms with van der Waals surface area (Å²) in [5, 5.41) is 2.52. The first-order valence-corrected chi connectivity index (χ1v) is 8.48. The molecule has 0 saturated carbocycles. The molecule has 2 heterocycles. The largest absolute Gasteiger partial charge is 0.323 e. The van der Waals surface area contributed by atoms with Gasteiger partial charge in [-0.05, 0) is 37.1 Å². The van der Waals surface area contributed by atoms with E-state index in [9.17, 15) is 13.6 Å². The van der Waals surface area contributed by atoms with Crippen molar-refractivity contribution >= 4 is 23.1 Å². The Kier molecular flexibility index (Phi) is 4.27. The fourth-order valence-corrected chi connectivity index (χ4v) is 3.29. The maximum atomic E-state index is 13.3. The SMILES string of the molecule is CC1Cc2ccccc2N1c1cc(C(=O)Nc2ccc(F)c(F)c2)ncn1. The van der Waals surface area contributed by atoms with Crippen LogP contribution in [0.3, 0.4) is 0 Å². The Morgan fingerprint density at radius 1 is 1.11 bits per heavy atom. The summed E-state index contributed by atoms with van der Waals surface area (Å²) in [5.74, 6) is -1.92. The van der Waals surface area contributed by atoms with E-state index in [4.69, 9.17) is 0 Å². The molecular formula is C20H16F2N4O. The van der Waals surface area contributed by atoms with E-state index in [-0.39, 0.29) is 17.4 Å². The number of para-hydroxylation sites is 1. The summed E-state index contributed by atoms with van der Waals surface area (Å²) in [6, 6.07) is 13.0. The number of fused-ring (bicyclic) bond motifs is 1. The summed E-state index contributed by atoms with van der Waals surface area (Å²) in [7, 11) is 0. The number of benzene rings is 2. The van der Waals surface area contributed by atoms with Gasteiger partial charge < -0.3 is 10.2 Å². The van der Waals surface area contributed by atoms with Crippen LogP contribution in [0.4, 0.5) is 26.0 Å². The van der Waals surface area contributed by atoms with Crippen molar-refractivity contribution in [2.24, 2.45) is 0 Å². The van der Waals surface area contributed by atoms with Crippen LogP contribution in [0.5, 0.6) is 0 Å². The second-order valence-corrected chi connectivity index (χ2v) is 6.40. The van der Waals surface area contributed by atoms with Gasteiger partial charge in [0.15, 0.2) is 11.6 Å². The molecule has 3 aromatic rings. The summed E-state index contributed by atoms with van der Waals surface area (Å²) in [5.41, 5.74) is 2.56. The zero-order valence-electron chi connectivity index (χ0n) is 14.5. The first kappa shape index (κ1) is 17.1. The van der Waals surface area contributed by atoms with Crippen molar-refractivity contribution in [2.75, 3.05) is 10.2 Å². The molecular weight excluding hydrogens is 350 g/mol. The minimum Gasteiger partial charge on any atom is -0.323 e. The van der Waals surface area contributed by atoms with Gasteiger partial charge in [0, 0.05) is 29.5 Å². The number of amides is 1. The fourth-order valence-electron chi connectivity index (χ4n) is 3.29. The molecule has 2 aromatic carbocycles. The summed E-state index contributed by atoms with van der Waals surface area (Å²) in [6.07, 6.45) is 2.21. The average molecular weight is 366 g/mol. The molecule has 0 bridgehead atoms. The Labute approximate surface area is 154 Å². The molecule has 1 N–H and O–H groups in total. The van der Waals surface area contributed by atoms with Crippen LogP contribution >= 0.6 is 0 Å². The Balaban J connectivity index is 1.61. The third kappa shape index (κ3) is 3.23. The smallest absolute Gasteiger partial charge is 0.274 e. The second kappa shape index (κ2) is 6.75. The number of anilines is 3. The van der Waals surface area contributed by atoms with Crippen LogP contribution in [0.1, 0.15) is 23.0 Å². The number of rotatable bonds is 3. The maximum absolute atomic E-state index is 13.3. The normalized spacial score (nSPS) is 15.5. The lowest BCUT2D eigenvalue weighted by Gasteiger charge is -2.23. The Bertz CT molecular complexity index is 1020. The standard InChI is InChI=1S/C20H16F2N4O/c1-12-8-13-4-2-3-5-18(13)26(12)19-10-17(23-11-24-19)20(27)25-14-6-7-15(21)16(22)9-14/h2-7,9-12H,8H2,1H3,(H,25,27). The van der Waals surface area contributed by atoms with Crippen molar-refractivity contribution in [2.45, 2.75) is 19.4 Å². The van der Waals surface area contributed by atoms with Crippen LogP contribution in [0.2, 0.25) is 0 Å². The molecule has 0 radical (unpaired) electrons. The molecule has 1 aromatic heterocycles. The average Bonchev–Trinajstić information content (AvgIpc) is 3.00. The van der Waals surface area contributed by atoms with Crippen molar-refractivity contribution in [3.8, 4) is 0 Å². The summed E-state index contributed by atoms with van der Waals surface area (Å²) >= 11 is 0. The van der Waals surface area contributed by atoms with Gasteiger partial charge in [-0.1, -0.05) is 18.2 Å². The lowest BCUT2D eigenvalue weighted by atomic mass is 10.1. The molecule has 1 atom stereocenters. The van der Waals surface area contributed by atoms with E-state index in [1.54, 1.807) is 6.07 Å². The molecule has 1 amide bonds. The van der Waals surface area contributed by atoms with E-state index in [0.29, 0.717) is 5.82 Å². The maximum Gasteiger partial charge on any atom is 0.274 e. The van der Waals surface area contributed by atoms with Crippen LogP contribution in [0.25, 0.3) is 0 Å². The van der Waals surface area contributed by atoms with Crippen LogP contribution in [0, 0.1) is 11.6 Å². The predicted octanol–water partition coefficient (Wildman–Crippen LogP) is 4.09. The van der Waals surface area contributed by atoms with Gasteiger partial charge in [0.25, 0.3) is 5.91 Å². The molecule has 0 aliphatic carbocycles. The quantitative estimate of drug-likeness (QED) is 0.759. The van der Waals surface area contributed by atoms with Gasteiger partial charge in [-0.15, -0.1) is 0 Å². The number of hydrogen-bond donors (Lipinski definition) is 1. The topological polar surface area (TPSA) is 58.1 Å². The van der Waals surface area contributed by atoms with E-state index in [1.165, 1.54) is 18.0 Å². The fraction of sp³-hybridized carbons (Fsp3) is 0.150. The van der Waals surface area contributed by atoms with Crippen molar-refractivity contribution in [3.05, 3.63) is 77.8 Å². The number of aromatic nitrogens is 2. The summed E-state index contributed by atoms with van der Waals surface area (Å²) < 4.78 is 26.4. The third-order valence-electron chi connectivity index (χ3n) is 4.52. The van der Waals surface area contributed by atoms with Gasteiger partial charge in [0.05, 0.1) is 0 Å². The molecule has 1 aliphatic rings. The highest BCUT2D eigenvalue weighted by atomic mass is 19.2. The van der Waals surface area contributed by atoms with Crippen LogP contribution in [0.15, 0.2) is 54.9 Å². The Hall–Kier alpha value is -3.35.